The second-order valence-electron chi connectivity index (χ2n) is 8.46. The average Bonchev–Trinajstić information content (AvgIpc) is 3.34. The minimum atomic E-state index is -0.383. The molecule has 0 aliphatic carbocycles. The summed E-state index contributed by atoms with van der Waals surface area (Å²) >= 11 is 0. The van der Waals surface area contributed by atoms with Crippen LogP contribution in [0.15, 0.2) is 72.8 Å². The van der Waals surface area contributed by atoms with Gasteiger partial charge in [0.1, 0.15) is 0 Å². The van der Waals surface area contributed by atoms with E-state index < -0.39 is 0 Å². The van der Waals surface area contributed by atoms with Gasteiger partial charge in [-0.15, -0.1) is 10.2 Å². The normalized spacial score (nSPS) is 15.5. The van der Waals surface area contributed by atoms with Gasteiger partial charge in [-0.3, -0.25) is 0 Å². The molecule has 0 unspecified atom stereocenters. The van der Waals surface area contributed by atoms with Crippen molar-refractivity contribution in [3.05, 3.63) is 89.7 Å². The van der Waals surface area contributed by atoms with Crippen molar-refractivity contribution in [3.63, 3.8) is 0 Å². The van der Waals surface area contributed by atoms with Gasteiger partial charge in [0.15, 0.2) is 5.82 Å². The zero-order valence-electron chi connectivity index (χ0n) is 18.7. The molecule has 7 heteroatoms. The summed E-state index contributed by atoms with van der Waals surface area (Å²) in [6, 6.07) is 25.0. The number of tetrazole rings is 1. The molecule has 7 nitrogen and oxygen atoms in total. The number of hydrogen-bond donors (Lipinski definition) is 0. The zero-order chi connectivity index (χ0) is 22.7. The van der Waals surface area contributed by atoms with Gasteiger partial charge >= 0.3 is 6.09 Å². The number of carbonyl (C=O) groups excluding carboxylic acids is 1. The first-order valence-electron chi connectivity index (χ1n) is 11.4. The SMILES string of the molecule is CCOC(=O)N1CCC(c2ccccc2)(c2nnn(Cc3ccc4ccccc4c3)n2)CC1. The lowest BCUT2D eigenvalue weighted by Gasteiger charge is -2.39. The van der Waals surface area contributed by atoms with Gasteiger partial charge in [-0.2, -0.15) is 4.80 Å². The average molecular weight is 442 g/mol. The Morgan fingerprint density at radius 2 is 1.70 bits per heavy atom. The Labute approximate surface area is 193 Å². The first-order chi connectivity index (χ1) is 16.2. The van der Waals surface area contributed by atoms with Crippen LogP contribution >= 0.6 is 0 Å². The second-order valence-corrected chi connectivity index (χ2v) is 8.46. The molecule has 0 spiro atoms. The van der Waals surface area contributed by atoms with Crippen molar-refractivity contribution in [2.75, 3.05) is 19.7 Å². The summed E-state index contributed by atoms with van der Waals surface area (Å²) in [6.45, 7) is 3.94. The number of fused-ring (bicyclic) bond motifs is 1. The van der Waals surface area contributed by atoms with Crippen LogP contribution in [0.3, 0.4) is 0 Å². The summed E-state index contributed by atoms with van der Waals surface area (Å²) in [5.41, 5.74) is 1.90. The van der Waals surface area contributed by atoms with Crippen LogP contribution < -0.4 is 0 Å². The summed E-state index contributed by atoms with van der Waals surface area (Å²) in [4.78, 5) is 15.7. The fourth-order valence-corrected chi connectivity index (χ4v) is 4.69. The maximum absolute atomic E-state index is 12.2. The number of benzene rings is 3. The molecule has 1 aliphatic rings. The molecule has 1 saturated heterocycles. The van der Waals surface area contributed by atoms with Crippen LogP contribution in [0.4, 0.5) is 4.79 Å². The van der Waals surface area contributed by atoms with Gasteiger partial charge in [0, 0.05) is 13.1 Å². The van der Waals surface area contributed by atoms with Crippen LogP contribution in [-0.4, -0.2) is 50.9 Å². The molecule has 1 aliphatic heterocycles. The van der Waals surface area contributed by atoms with E-state index in [0.717, 1.165) is 24.0 Å². The standard InChI is InChI=1S/C26H27N5O2/c1-2-33-25(32)30-16-14-26(15-17-30,23-10-4-3-5-11-23)24-27-29-31(28-24)19-20-12-13-21-8-6-7-9-22(21)18-20/h3-13,18H,2,14-17,19H2,1H3. The van der Waals surface area contributed by atoms with E-state index >= 15 is 0 Å². The molecular formula is C26H27N5O2. The van der Waals surface area contributed by atoms with E-state index in [0.29, 0.717) is 32.1 Å². The molecule has 1 fully saturated rings. The monoisotopic (exact) mass is 441 g/mol. The Hall–Kier alpha value is -3.74. The summed E-state index contributed by atoms with van der Waals surface area (Å²) in [6.07, 6.45) is 1.18. The van der Waals surface area contributed by atoms with Crippen molar-refractivity contribution in [2.24, 2.45) is 0 Å². The lowest BCUT2D eigenvalue weighted by Crippen LogP contribution is -2.46. The molecule has 5 rings (SSSR count). The van der Waals surface area contributed by atoms with Gasteiger partial charge in [-0.05, 0) is 52.9 Å². The largest absolute Gasteiger partial charge is 0.450 e. The van der Waals surface area contributed by atoms with Gasteiger partial charge in [0.05, 0.1) is 18.6 Å². The van der Waals surface area contributed by atoms with Crippen molar-refractivity contribution >= 4 is 16.9 Å². The summed E-state index contributed by atoms with van der Waals surface area (Å²) < 4.78 is 5.20. The van der Waals surface area contributed by atoms with Crippen LogP contribution in [0.1, 0.15) is 36.7 Å². The third kappa shape index (κ3) is 4.18. The molecule has 0 bridgehead atoms. The predicted molar refractivity (Wildman–Crippen MR) is 126 cm³/mol. The smallest absolute Gasteiger partial charge is 0.409 e. The summed E-state index contributed by atoms with van der Waals surface area (Å²) in [7, 11) is 0. The Morgan fingerprint density at radius 3 is 2.45 bits per heavy atom. The maximum Gasteiger partial charge on any atom is 0.409 e. The van der Waals surface area contributed by atoms with Crippen LogP contribution in [-0.2, 0) is 16.7 Å². The fourth-order valence-electron chi connectivity index (χ4n) is 4.69. The second kappa shape index (κ2) is 9.02. The van der Waals surface area contributed by atoms with E-state index in [1.165, 1.54) is 10.8 Å². The molecule has 1 aromatic heterocycles. The highest BCUT2D eigenvalue weighted by Crippen LogP contribution is 2.40. The molecule has 3 aromatic carbocycles. The first kappa shape index (κ1) is 21.1. The highest BCUT2D eigenvalue weighted by atomic mass is 16.6. The summed E-state index contributed by atoms with van der Waals surface area (Å²) in [5, 5.41) is 16.1. The molecule has 0 saturated carbocycles. The molecule has 0 N–H and O–H groups in total. The molecule has 1 amide bonds. The van der Waals surface area contributed by atoms with E-state index in [9.17, 15) is 4.79 Å². The van der Waals surface area contributed by atoms with E-state index in [4.69, 9.17) is 9.84 Å². The number of ether oxygens (including phenoxy) is 1. The number of nitrogens with zero attached hydrogens (tertiary/aromatic N) is 5. The van der Waals surface area contributed by atoms with Crippen LogP contribution in [0.2, 0.25) is 0 Å². The van der Waals surface area contributed by atoms with E-state index in [-0.39, 0.29) is 11.5 Å². The predicted octanol–water partition coefficient (Wildman–Crippen LogP) is 4.41. The molecule has 4 aromatic rings. The fraction of sp³-hybridized carbons (Fsp3) is 0.308. The van der Waals surface area contributed by atoms with Crippen molar-refractivity contribution in [1.29, 1.82) is 0 Å². The molecule has 2 heterocycles. The highest BCUT2D eigenvalue weighted by Gasteiger charge is 2.42. The van der Waals surface area contributed by atoms with Gasteiger partial charge in [-0.25, -0.2) is 4.79 Å². The van der Waals surface area contributed by atoms with Crippen LogP contribution in [0.25, 0.3) is 10.8 Å². The highest BCUT2D eigenvalue weighted by molar-refractivity contribution is 5.82. The van der Waals surface area contributed by atoms with E-state index in [1.807, 2.05) is 37.3 Å². The third-order valence-corrected chi connectivity index (χ3v) is 6.49. The lowest BCUT2D eigenvalue weighted by molar-refractivity contribution is 0.0897. The Balaban J connectivity index is 1.41. The number of amides is 1. The molecular weight excluding hydrogens is 414 g/mol. The lowest BCUT2D eigenvalue weighted by atomic mass is 9.72. The molecule has 0 radical (unpaired) electrons. The van der Waals surface area contributed by atoms with Gasteiger partial charge < -0.3 is 9.64 Å². The number of piperidine rings is 1. The number of hydrogen-bond acceptors (Lipinski definition) is 5. The van der Waals surface area contributed by atoms with Crippen molar-refractivity contribution in [3.8, 4) is 0 Å². The minimum Gasteiger partial charge on any atom is -0.450 e. The third-order valence-electron chi connectivity index (χ3n) is 6.49. The first-order valence-corrected chi connectivity index (χ1v) is 11.4. The number of rotatable bonds is 5. The van der Waals surface area contributed by atoms with Crippen LogP contribution in [0, 0.1) is 0 Å². The van der Waals surface area contributed by atoms with Crippen molar-refractivity contribution in [2.45, 2.75) is 31.7 Å². The number of carbonyl (C=O) groups is 1. The molecule has 33 heavy (non-hydrogen) atoms. The van der Waals surface area contributed by atoms with Gasteiger partial charge in [0.25, 0.3) is 0 Å². The number of likely N-dealkylation sites (tertiary alicyclic amines) is 1. The molecule has 168 valence electrons. The topological polar surface area (TPSA) is 73.1 Å². The van der Waals surface area contributed by atoms with E-state index in [2.05, 4.69) is 52.8 Å². The van der Waals surface area contributed by atoms with Gasteiger partial charge in [0.2, 0.25) is 0 Å². The van der Waals surface area contributed by atoms with Gasteiger partial charge in [-0.1, -0.05) is 66.7 Å². The van der Waals surface area contributed by atoms with Crippen LogP contribution in [0.5, 0.6) is 0 Å². The Kier molecular flexibility index (Phi) is 5.77. The van der Waals surface area contributed by atoms with E-state index in [1.54, 1.807) is 9.70 Å². The quantitative estimate of drug-likeness (QED) is 0.459. The maximum atomic E-state index is 12.2. The van der Waals surface area contributed by atoms with Crippen molar-refractivity contribution < 1.29 is 9.53 Å². The minimum absolute atomic E-state index is 0.257. The summed E-state index contributed by atoms with van der Waals surface area (Å²) in [5.74, 6) is 0.706. The molecule has 0 atom stereocenters. The number of aromatic nitrogens is 4. The van der Waals surface area contributed by atoms with Crippen molar-refractivity contribution in [1.82, 2.24) is 25.1 Å². The Bertz CT molecular complexity index is 1250. The zero-order valence-corrected chi connectivity index (χ0v) is 18.7. The Morgan fingerprint density at radius 1 is 0.970 bits per heavy atom.